The van der Waals surface area contributed by atoms with E-state index in [2.05, 4.69) is 10.1 Å². The molecule has 0 aromatic carbocycles. The third-order valence-corrected chi connectivity index (χ3v) is 4.90. The lowest BCUT2D eigenvalue weighted by Gasteiger charge is -2.37. The average molecular weight is 436 g/mol. The summed E-state index contributed by atoms with van der Waals surface area (Å²) in [6.45, 7) is 2.53. The van der Waals surface area contributed by atoms with Gasteiger partial charge in [-0.3, -0.25) is 4.79 Å². The minimum Gasteiger partial charge on any atom is -0.474 e. The monoisotopic (exact) mass is 436 g/mol. The molecule has 3 heterocycles. The van der Waals surface area contributed by atoms with Crippen LogP contribution in [0.4, 0.5) is 32.2 Å². The van der Waals surface area contributed by atoms with E-state index >= 15 is 0 Å². The number of ether oxygens (including phenoxy) is 1. The van der Waals surface area contributed by atoms with Crippen molar-refractivity contribution >= 4 is 12.1 Å². The molecule has 6 nitrogen and oxygen atoms in total. The second kappa shape index (κ2) is 7.80. The van der Waals surface area contributed by atoms with Gasteiger partial charge in [0.05, 0.1) is 5.56 Å². The van der Waals surface area contributed by atoms with Crippen LogP contribution in [-0.2, 0) is 19.4 Å². The fraction of sp³-hybridized carbons (Fsp3) is 0.500. The lowest BCUT2D eigenvalue weighted by atomic mass is 9.96. The first-order valence-electron chi connectivity index (χ1n) is 8.96. The SMILES string of the molecule is C[C@@H]1CN(c2ccc(C(F)(F)F)cn2)CC[C@H]1Oc1c(C=O)c(C(F)(F)F)nn1C. The first-order chi connectivity index (χ1) is 13.9. The Morgan fingerprint density at radius 2 is 1.87 bits per heavy atom. The molecular weight excluding hydrogens is 418 g/mol. The predicted molar refractivity (Wildman–Crippen MR) is 93.2 cm³/mol. The van der Waals surface area contributed by atoms with E-state index in [1.165, 1.54) is 13.1 Å². The molecule has 0 aliphatic carbocycles. The van der Waals surface area contributed by atoms with Gasteiger partial charge in [0, 0.05) is 38.7 Å². The summed E-state index contributed by atoms with van der Waals surface area (Å²) < 4.78 is 83.8. The Balaban J connectivity index is 1.73. The van der Waals surface area contributed by atoms with E-state index in [1.54, 1.807) is 11.8 Å². The maximum atomic E-state index is 13.1. The molecule has 12 heteroatoms. The first-order valence-corrected chi connectivity index (χ1v) is 8.96. The molecule has 1 aliphatic heterocycles. The van der Waals surface area contributed by atoms with E-state index in [4.69, 9.17) is 4.74 Å². The molecule has 2 aromatic rings. The number of piperidine rings is 1. The second-order valence-corrected chi connectivity index (χ2v) is 7.08. The van der Waals surface area contributed by atoms with Crippen LogP contribution in [0.2, 0.25) is 0 Å². The zero-order chi connectivity index (χ0) is 22.3. The molecule has 1 fully saturated rings. The largest absolute Gasteiger partial charge is 0.474 e. The van der Waals surface area contributed by atoms with E-state index in [-0.39, 0.29) is 18.1 Å². The molecule has 164 valence electrons. The van der Waals surface area contributed by atoms with Crippen LogP contribution in [0, 0.1) is 5.92 Å². The number of aromatic nitrogens is 3. The maximum Gasteiger partial charge on any atom is 0.436 e. The van der Waals surface area contributed by atoms with Gasteiger partial charge in [0.1, 0.15) is 17.5 Å². The molecule has 3 rings (SSSR count). The standard InChI is InChI=1S/C18H18F6N4O2/c1-10-8-28(14-4-3-11(7-25-14)17(19,20)21)6-5-13(10)30-16-12(9-29)15(18(22,23)24)26-27(16)2/h3-4,7,9-10,13H,5-6,8H2,1-2H3/t10-,13-/m1/s1. The fourth-order valence-electron chi connectivity index (χ4n) is 3.37. The minimum absolute atomic E-state index is 0.0665. The van der Waals surface area contributed by atoms with Crippen LogP contribution < -0.4 is 9.64 Å². The van der Waals surface area contributed by atoms with Crippen molar-refractivity contribution in [1.82, 2.24) is 14.8 Å². The number of carbonyl (C=O) groups is 1. The van der Waals surface area contributed by atoms with Crippen molar-refractivity contribution in [2.75, 3.05) is 18.0 Å². The zero-order valence-electron chi connectivity index (χ0n) is 16.0. The molecule has 0 saturated carbocycles. The Labute approximate surface area is 167 Å². The number of halogens is 6. The Morgan fingerprint density at radius 3 is 2.37 bits per heavy atom. The average Bonchev–Trinajstić information content (AvgIpc) is 2.98. The summed E-state index contributed by atoms with van der Waals surface area (Å²) in [5, 5.41) is 3.36. The first kappa shape index (κ1) is 21.9. The number of alkyl halides is 6. The van der Waals surface area contributed by atoms with E-state index in [1.807, 2.05) is 0 Å². The minimum atomic E-state index is -4.79. The van der Waals surface area contributed by atoms with Crippen LogP contribution >= 0.6 is 0 Å². The van der Waals surface area contributed by atoms with Gasteiger partial charge >= 0.3 is 12.4 Å². The topological polar surface area (TPSA) is 60.3 Å². The number of pyridine rings is 1. The summed E-state index contributed by atoms with van der Waals surface area (Å²) in [5.41, 5.74) is -2.83. The summed E-state index contributed by atoms with van der Waals surface area (Å²) in [7, 11) is 1.25. The van der Waals surface area contributed by atoms with Gasteiger partial charge in [-0.2, -0.15) is 31.4 Å². The highest BCUT2D eigenvalue weighted by molar-refractivity contribution is 5.80. The number of rotatable bonds is 4. The highest BCUT2D eigenvalue weighted by Gasteiger charge is 2.40. The lowest BCUT2D eigenvalue weighted by molar-refractivity contribution is -0.141. The zero-order valence-corrected chi connectivity index (χ0v) is 16.0. The van der Waals surface area contributed by atoms with Crippen molar-refractivity contribution in [1.29, 1.82) is 0 Å². The number of carbonyl (C=O) groups excluding carboxylic acids is 1. The summed E-state index contributed by atoms with van der Waals surface area (Å²) in [4.78, 5) is 16.9. The van der Waals surface area contributed by atoms with E-state index in [9.17, 15) is 31.1 Å². The molecule has 1 saturated heterocycles. The summed E-state index contributed by atoms with van der Waals surface area (Å²) in [5.74, 6) is -0.108. The number of hydrogen-bond acceptors (Lipinski definition) is 5. The summed E-state index contributed by atoms with van der Waals surface area (Å²) in [6, 6.07) is 2.22. The Kier molecular flexibility index (Phi) is 5.70. The summed E-state index contributed by atoms with van der Waals surface area (Å²) in [6.07, 6.45) is -8.59. The summed E-state index contributed by atoms with van der Waals surface area (Å²) >= 11 is 0. The molecule has 0 radical (unpaired) electrons. The number of nitrogens with zero attached hydrogens (tertiary/aromatic N) is 4. The molecule has 2 aromatic heterocycles. The van der Waals surface area contributed by atoms with E-state index in [0.717, 1.165) is 16.9 Å². The molecule has 0 bridgehead atoms. The van der Waals surface area contributed by atoms with Gasteiger partial charge < -0.3 is 9.64 Å². The maximum absolute atomic E-state index is 13.1. The smallest absolute Gasteiger partial charge is 0.436 e. The van der Waals surface area contributed by atoms with Gasteiger partial charge in [-0.05, 0) is 12.1 Å². The van der Waals surface area contributed by atoms with Gasteiger partial charge in [0.2, 0.25) is 5.88 Å². The normalized spacial score (nSPS) is 20.3. The van der Waals surface area contributed by atoms with E-state index < -0.39 is 35.3 Å². The van der Waals surface area contributed by atoms with Gasteiger partial charge in [-0.25, -0.2) is 9.67 Å². The molecule has 0 N–H and O–H groups in total. The molecule has 1 aliphatic rings. The Bertz CT molecular complexity index is 907. The quantitative estimate of drug-likeness (QED) is 0.537. The van der Waals surface area contributed by atoms with Crippen LogP contribution in [0.25, 0.3) is 0 Å². The molecule has 30 heavy (non-hydrogen) atoms. The third kappa shape index (κ3) is 4.36. The van der Waals surface area contributed by atoms with Gasteiger partial charge in [0.25, 0.3) is 0 Å². The van der Waals surface area contributed by atoms with Crippen molar-refractivity contribution in [3.63, 3.8) is 0 Å². The molecule has 2 atom stereocenters. The molecule has 0 spiro atoms. The Hall–Kier alpha value is -2.79. The predicted octanol–water partition coefficient (Wildman–Crippen LogP) is 3.96. The van der Waals surface area contributed by atoms with Crippen LogP contribution in [-0.4, -0.2) is 40.2 Å². The molecule has 0 amide bonds. The number of aryl methyl sites for hydroxylation is 1. The van der Waals surface area contributed by atoms with Crippen molar-refractivity contribution in [2.45, 2.75) is 31.8 Å². The molecule has 0 unspecified atom stereocenters. The van der Waals surface area contributed by atoms with Crippen LogP contribution in [0.3, 0.4) is 0 Å². The highest BCUT2D eigenvalue weighted by Crippen LogP contribution is 2.36. The van der Waals surface area contributed by atoms with Crippen molar-refractivity contribution in [3.8, 4) is 5.88 Å². The number of aldehydes is 1. The van der Waals surface area contributed by atoms with Crippen LogP contribution in [0.1, 0.15) is 35.0 Å². The van der Waals surface area contributed by atoms with Crippen molar-refractivity contribution in [3.05, 3.63) is 35.2 Å². The van der Waals surface area contributed by atoms with E-state index in [0.29, 0.717) is 25.3 Å². The van der Waals surface area contributed by atoms with Crippen LogP contribution in [0.5, 0.6) is 5.88 Å². The fourth-order valence-corrected chi connectivity index (χ4v) is 3.37. The third-order valence-electron chi connectivity index (χ3n) is 4.90. The molecular formula is C18H18F6N4O2. The number of hydrogen-bond donors (Lipinski definition) is 0. The second-order valence-electron chi connectivity index (χ2n) is 7.08. The van der Waals surface area contributed by atoms with Gasteiger partial charge in [-0.1, -0.05) is 6.92 Å². The lowest BCUT2D eigenvalue weighted by Crippen LogP contribution is -2.45. The van der Waals surface area contributed by atoms with Crippen LogP contribution in [0.15, 0.2) is 18.3 Å². The van der Waals surface area contributed by atoms with Gasteiger partial charge in [-0.15, -0.1) is 0 Å². The van der Waals surface area contributed by atoms with Gasteiger partial charge in [0.15, 0.2) is 12.0 Å². The highest BCUT2D eigenvalue weighted by atomic mass is 19.4. The van der Waals surface area contributed by atoms with Crippen molar-refractivity contribution < 1.29 is 35.9 Å². The Morgan fingerprint density at radius 1 is 1.17 bits per heavy atom. The van der Waals surface area contributed by atoms with Crippen molar-refractivity contribution in [2.24, 2.45) is 13.0 Å². The number of anilines is 1.